The molecule has 2 aromatic heterocycles. The first-order valence-corrected chi connectivity index (χ1v) is 6.14. The molecule has 2 heterocycles. The average molecular weight is 272 g/mol. The maximum atomic E-state index is 6.02. The van der Waals surface area contributed by atoms with Crippen LogP contribution in [0.25, 0.3) is 10.8 Å². The zero-order valence-corrected chi connectivity index (χ0v) is 10.7. The van der Waals surface area contributed by atoms with Crippen LogP contribution in [-0.4, -0.2) is 20.4 Å². The van der Waals surface area contributed by atoms with E-state index in [1.807, 2.05) is 36.4 Å². The molecule has 19 heavy (non-hydrogen) atoms. The molecule has 1 aromatic carbocycles. The van der Waals surface area contributed by atoms with Crippen molar-refractivity contribution in [3.8, 4) is 0 Å². The van der Waals surface area contributed by atoms with Crippen LogP contribution < -0.4 is 5.32 Å². The summed E-state index contributed by atoms with van der Waals surface area (Å²) in [5.74, 6) is 0.686. The minimum atomic E-state index is 0.403. The largest absolute Gasteiger partial charge is 0.362 e. The molecule has 1 N–H and O–H groups in total. The molecule has 0 aliphatic carbocycles. The van der Waals surface area contributed by atoms with Crippen LogP contribution in [-0.2, 0) is 6.54 Å². The van der Waals surface area contributed by atoms with Gasteiger partial charge in [-0.1, -0.05) is 35.9 Å². The fraction of sp³-hybridized carbons (Fsp3) is 0.0769. The minimum absolute atomic E-state index is 0.403. The van der Waals surface area contributed by atoms with Crippen molar-refractivity contribution in [1.29, 1.82) is 0 Å². The van der Waals surface area contributed by atoms with Gasteiger partial charge in [-0.05, 0) is 12.1 Å². The smallest absolute Gasteiger partial charge is 0.159 e. The van der Waals surface area contributed by atoms with E-state index in [-0.39, 0.29) is 0 Å². The Kier molecular flexibility index (Phi) is 3.20. The van der Waals surface area contributed by atoms with Crippen LogP contribution in [0.3, 0.4) is 0 Å². The lowest BCUT2D eigenvalue weighted by Crippen LogP contribution is -2.05. The van der Waals surface area contributed by atoms with Crippen LogP contribution in [0.2, 0.25) is 5.15 Å². The molecule has 94 valence electrons. The van der Waals surface area contributed by atoms with Crippen molar-refractivity contribution in [3.05, 3.63) is 53.4 Å². The van der Waals surface area contributed by atoms with Gasteiger partial charge in [0.2, 0.25) is 0 Å². The zero-order chi connectivity index (χ0) is 13.1. The fourth-order valence-electron chi connectivity index (χ4n) is 1.80. The summed E-state index contributed by atoms with van der Waals surface area (Å²) in [5.41, 5.74) is 0.836. The third kappa shape index (κ3) is 2.46. The molecule has 0 atom stereocenters. The molecular formula is C13H10ClN5. The number of fused-ring (bicyclic) bond motifs is 1. The van der Waals surface area contributed by atoms with Gasteiger partial charge >= 0.3 is 0 Å². The van der Waals surface area contributed by atoms with Gasteiger partial charge in [-0.2, -0.15) is 10.2 Å². The summed E-state index contributed by atoms with van der Waals surface area (Å²) >= 11 is 6.02. The SMILES string of the molecule is Clc1nnc(NCc2cccnn2)c2ccccc12. The molecule has 0 saturated heterocycles. The third-order valence-electron chi connectivity index (χ3n) is 2.71. The Morgan fingerprint density at radius 3 is 2.58 bits per heavy atom. The van der Waals surface area contributed by atoms with Gasteiger partial charge < -0.3 is 5.32 Å². The lowest BCUT2D eigenvalue weighted by atomic mass is 10.2. The lowest BCUT2D eigenvalue weighted by Gasteiger charge is -2.07. The highest BCUT2D eigenvalue weighted by atomic mass is 35.5. The molecular weight excluding hydrogens is 262 g/mol. The van der Waals surface area contributed by atoms with Gasteiger partial charge in [0.15, 0.2) is 11.0 Å². The van der Waals surface area contributed by atoms with E-state index < -0.39 is 0 Å². The highest BCUT2D eigenvalue weighted by Crippen LogP contribution is 2.25. The van der Waals surface area contributed by atoms with Crippen LogP contribution in [0.1, 0.15) is 5.69 Å². The van der Waals surface area contributed by atoms with Gasteiger partial charge in [-0.3, -0.25) is 0 Å². The highest BCUT2D eigenvalue weighted by Gasteiger charge is 2.07. The molecule has 0 radical (unpaired) electrons. The van der Waals surface area contributed by atoms with Crippen molar-refractivity contribution in [3.63, 3.8) is 0 Å². The monoisotopic (exact) mass is 271 g/mol. The number of hydrogen-bond donors (Lipinski definition) is 1. The van der Waals surface area contributed by atoms with E-state index in [2.05, 4.69) is 25.7 Å². The topological polar surface area (TPSA) is 63.6 Å². The van der Waals surface area contributed by atoms with E-state index in [1.165, 1.54) is 0 Å². The molecule has 3 aromatic rings. The lowest BCUT2D eigenvalue weighted by molar-refractivity contribution is 0.914. The second kappa shape index (κ2) is 5.16. The number of aromatic nitrogens is 4. The van der Waals surface area contributed by atoms with Gasteiger partial charge in [-0.15, -0.1) is 10.2 Å². The Balaban J connectivity index is 1.91. The summed E-state index contributed by atoms with van der Waals surface area (Å²) in [5, 5.41) is 21.3. The molecule has 6 heteroatoms. The van der Waals surface area contributed by atoms with E-state index in [9.17, 15) is 0 Å². The first-order chi connectivity index (χ1) is 9.34. The van der Waals surface area contributed by atoms with Crippen LogP contribution in [0, 0.1) is 0 Å². The Labute approximate surface area is 114 Å². The van der Waals surface area contributed by atoms with Gasteiger partial charge in [-0.25, -0.2) is 0 Å². The van der Waals surface area contributed by atoms with E-state index in [4.69, 9.17) is 11.6 Å². The summed E-state index contributed by atoms with van der Waals surface area (Å²) < 4.78 is 0. The van der Waals surface area contributed by atoms with Crippen LogP contribution >= 0.6 is 11.6 Å². The molecule has 0 saturated carbocycles. The summed E-state index contributed by atoms with van der Waals surface area (Å²) in [7, 11) is 0. The number of nitrogens with zero attached hydrogens (tertiary/aromatic N) is 4. The van der Waals surface area contributed by atoms with E-state index in [0.717, 1.165) is 16.5 Å². The third-order valence-corrected chi connectivity index (χ3v) is 2.99. The van der Waals surface area contributed by atoms with Gasteiger partial charge in [0.25, 0.3) is 0 Å². The van der Waals surface area contributed by atoms with E-state index in [0.29, 0.717) is 17.5 Å². The maximum Gasteiger partial charge on any atom is 0.159 e. The molecule has 0 unspecified atom stereocenters. The molecule has 0 spiro atoms. The number of hydrogen-bond acceptors (Lipinski definition) is 5. The Morgan fingerprint density at radius 1 is 0.947 bits per heavy atom. The van der Waals surface area contributed by atoms with Crippen molar-refractivity contribution in [2.75, 3.05) is 5.32 Å². The summed E-state index contributed by atoms with van der Waals surface area (Å²) in [6.45, 7) is 0.536. The number of anilines is 1. The van der Waals surface area contributed by atoms with E-state index >= 15 is 0 Å². The van der Waals surface area contributed by atoms with Crippen LogP contribution in [0.5, 0.6) is 0 Å². The molecule has 0 fully saturated rings. The van der Waals surface area contributed by atoms with Crippen molar-refractivity contribution in [2.45, 2.75) is 6.54 Å². The van der Waals surface area contributed by atoms with Gasteiger partial charge in [0, 0.05) is 17.0 Å². The number of nitrogens with one attached hydrogen (secondary N) is 1. The fourth-order valence-corrected chi connectivity index (χ4v) is 2.01. The highest BCUT2D eigenvalue weighted by molar-refractivity contribution is 6.34. The van der Waals surface area contributed by atoms with Crippen molar-refractivity contribution >= 4 is 28.2 Å². The molecule has 5 nitrogen and oxygen atoms in total. The first kappa shape index (κ1) is 11.8. The normalized spacial score (nSPS) is 10.6. The molecule has 0 amide bonds. The Hall–Kier alpha value is -2.27. The summed E-state index contributed by atoms with van der Waals surface area (Å²) in [6, 6.07) is 11.5. The van der Waals surface area contributed by atoms with Crippen molar-refractivity contribution < 1.29 is 0 Å². The van der Waals surface area contributed by atoms with Gasteiger partial charge in [0.05, 0.1) is 12.2 Å². The minimum Gasteiger partial charge on any atom is -0.362 e. The second-order valence-electron chi connectivity index (χ2n) is 3.95. The quantitative estimate of drug-likeness (QED) is 0.793. The zero-order valence-electron chi connectivity index (χ0n) is 9.92. The molecule has 0 aliphatic heterocycles. The van der Waals surface area contributed by atoms with Gasteiger partial charge in [0.1, 0.15) is 0 Å². The predicted molar refractivity (Wildman–Crippen MR) is 73.9 cm³/mol. The summed E-state index contributed by atoms with van der Waals surface area (Å²) in [4.78, 5) is 0. The van der Waals surface area contributed by atoms with Crippen molar-refractivity contribution in [1.82, 2.24) is 20.4 Å². The van der Waals surface area contributed by atoms with Crippen molar-refractivity contribution in [2.24, 2.45) is 0 Å². The van der Waals surface area contributed by atoms with E-state index in [1.54, 1.807) is 6.20 Å². The standard InChI is InChI=1S/C13H10ClN5/c14-12-10-5-1-2-6-11(10)13(19-18-12)15-8-9-4-3-7-16-17-9/h1-7H,8H2,(H,15,19). The Morgan fingerprint density at radius 2 is 1.79 bits per heavy atom. The number of benzene rings is 1. The average Bonchev–Trinajstić information content (AvgIpc) is 2.48. The molecule has 0 aliphatic rings. The molecule has 0 bridgehead atoms. The first-order valence-electron chi connectivity index (χ1n) is 5.76. The van der Waals surface area contributed by atoms with Crippen LogP contribution in [0.15, 0.2) is 42.6 Å². The maximum absolute atomic E-state index is 6.02. The predicted octanol–water partition coefficient (Wildman–Crippen LogP) is 2.69. The molecule has 3 rings (SSSR count). The number of halogens is 1. The summed E-state index contributed by atoms with van der Waals surface area (Å²) in [6.07, 6.45) is 1.64. The van der Waals surface area contributed by atoms with Crippen LogP contribution in [0.4, 0.5) is 5.82 Å². The number of rotatable bonds is 3. The second-order valence-corrected chi connectivity index (χ2v) is 4.31. The Bertz CT molecular complexity index is 702.